The van der Waals surface area contributed by atoms with Crippen LogP contribution in [-0.4, -0.2) is 39.8 Å². The van der Waals surface area contributed by atoms with Gasteiger partial charge in [-0.2, -0.15) is 0 Å². The molecular weight excluding hydrogens is 364 g/mol. The van der Waals surface area contributed by atoms with Gasteiger partial charge in [0.2, 0.25) is 23.3 Å². The average molecular weight is 386 g/mol. The lowest BCUT2D eigenvalue weighted by molar-refractivity contribution is -0.343. The zero-order valence-electron chi connectivity index (χ0n) is 14.0. The minimum absolute atomic E-state index is 0. The molecule has 2 aromatic heterocycles. The first-order chi connectivity index (χ1) is 12.0. The largest absolute Gasteiger partial charge is 0.547 e. The Morgan fingerprint density at radius 3 is 1.07 bits per heavy atom. The van der Waals surface area contributed by atoms with Gasteiger partial charge in [0.25, 0.3) is 0 Å². The molecule has 14 N–H and O–H groups in total. The molecule has 0 aliphatic heterocycles. The van der Waals surface area contributed by atoms with Gasteiger partial charge in [0, 0.05) is 24.3 Å². The van der Waals surface area contributed by atoms with E-state index in [-0.39, 0.29) is 5.48 Å². The van der Waals surface area contributed by atoms with Crippen LogP contribution in [0.3, 0.4) is 0 Å². The van der Waals surface area contributed by atoms with Crippen LogP contribution < -0.4 is 43.1 Å². The molecule has 2 atom stereocenters. The van der Waals surface area contributed by atoms with Gasteiger partial charge in [0.15, 0.2) is 0 Å². The number of H-pyrrole nitrogens is 2. The molecule has 0 aliphatic rings. The van der Waals surface area contributed by atoms with Crippen LogP contribution >= 0.6 is 0 Å². The lowest BCUT2D eigenvalue weighted by Gasteiger charge is -2.18. The second-order valence-corrected chi connectivity index (χ2v) is 4.65. The lowest BCUT2D eigenvalue weighted by atomic mass is 10.2. The van der Waals surface area contributed by atoms with Crippen LogP contribution in [0.15, 0.2) is 36.4 Å². The fourth-order valence-electron chi connectivity index (χ4n) is 1.27. The van der Waals surface area contributed by atoms with Crippen LogP contribution in [0.4, 0.5) is 23.3 Å². The number of pyridine rings is 2. The first-order valence-electron chi connectivity index (χ1n) is 6.89. The Labute approximate surface area is 153 Å². The maximum atomic E-state index is 9.63. The maximum absolute atomic E-state index is 9.63. The maximum Gasteiger partial charge on any atom is 0.216 e. The van der Waals surface area contributed by atoms with E-state index in [2.05, 4.69) is 9.97 Å². The third kappa shape index (κ3) is 11.5. The van der Waals surface area contributed by atoms with Crippen molar-refractivity contribution in [3.8, 4) is 0 Å². The second kappa shape index (κ2) is 12.6. The van der Waals surface area contributed by atoms with Crippen molar-refractivity contribution < 1.29 is 45.5 Å². The second-order valence-electron chi connectivity index (χ2n) is 4.65. The van der Waals surface area contributed by atoms with E-state index < -0.39 is 24.1 Å². The van der Waals surface area contributed by atoms with Crippen LogP contribution in [0, 0.1) is 0 Å². The lowest BCUT2D eigenvalue weighted by Crippen LogP contribution is -2.51. The summed E-state index contributed by atoms with van der Waals surface area (Å²) in [7, 11) is 0. The molecule has 0 aromatic carbocycles. The SMILES string of the molecule is Nc1cccc(N)[nH+]1.Nc1cccc(N)[nH+]1.O.O=C([O-])[C@@H](O)[C@H](O)C(=O)[O-]. The Morgan fingerprint density at radius 2 is 0.963 bits per heavy atom. The molecule has 0 unspecified atom stereocenters. The van der Waals surface area contributed by atoms with E-state index in [4.69, 9.17) is 33.1 Å². The molecule has 13 nitrogen and oxygen atoms in total. The van der Waals surface area contributed by atoms with E-state index in [0.717, 1.165) is 0 Å². The number of anilines is 4. The molecule has 0 spiro atoms. The third-order valence-corrected chi connectivity index (χ3v) is 2.46. The van der Waals surface area contributed by atoms with Gasteiger partial charge < -0.3 is 58.4 Å². The molecule has 0 saturated heterocycles. The summed E-state index contributed by atoms with van der Waals surface area (Å²) in [5.74, 6) is -1.77. The quantitative estimate of drug-likeness (QED) is 0.290. The molecule has 27 heavy (non-hydrogen) atoms. The summed E-state index contributed by atoms with van der Waals surface area (Å²) in [6.45, 7) is 0. The summed E-state index contributed by atoms with van der Waals surface area (Å²) >= 11 is 0. The van der Waals surface area contributed by atoms with Gasteiger partial charge >= 0.3 is 0 Å². The molecule has 13 heteroatoms. The van der Waals surface area contributed by atoms with Gasteiger partial charge in [-0.05, 0) is 12.1 Å². The molecule has 0 amide bonds. The number of nitrogen functional groups attached to an aromatic ring is 4. The zero-order valence-corrected chi connectivity index (χ0v) is 14.0. The van der Waals surface area contributed by atoms with Crippen LogP contribution in [0.1, 0.15) is 0 Å². The highest BCUT2D eigenvalue weighted by molar-refractivity contribution is 5.80. The number of carbonyl (C=O) groups excluding carboxylic acids is 2. The number of aromatic nitrogens is 2. The number of carbonyl (C=O) groups is 2. The molecule has 2 heterocycles. The van der Waals surface area contributed by atoms with Crippen LogP contribution in [0.5, 0.6) is 0 Å². The van der Waals surface area contributed by atoms with E-state index >= 15 is 0 Å². The van der Waals surface area contributed by atoms with Crippen molar-refractivity contribution in [3.05, 3.63) is 36.4 Å². The monoisotopic (exact) mass is 386 g/mol. The van der Waals surface area contributed by atoms with Crippen molar-refractivity contribution in [2.75, 3.05) is 22.9 Å². The topological polar surface area (TPSA) is 285 Å². The smallest absolute Gasteiger partial charge is 0.216 e. The van der Waals surface area contributed by atoms with E-state index in [1.54, 1.807) is 36.4 Å². The number of aliphatic hydroxyl groups is 2. The first-order valence-corrected chi connectivity index (χ1v) is 6.89. The van der Waals surface area contributed by atoms with Crippen molar-refractivity contribution in [2.24, 2.45) is 0 Å². The number of nitrogens with one attached hydrogen (secondary N) is 2. The summed E-state index contributed by atoms with van der Waals surface area (Å²) in [6.07, 6.45) is -4.88. The molecule has 0 aliphatic carbocycles. The van der Waals surface area contributed by atoms with Crippen molar-refractivity contribution in [3.63, 3.8) is 0 Å². The van der Waals surface area contributed by atoms with Crippen LogP contribution in [-0.2, 0) is 9.59 Å². The molecule has 0 saturated carbocycles. The summed E-state index contributed by atoms with van der Waals surface area (Å²) in [4.78, 5) is 24.7. The molecule has 0 radical (unpaired) electrons. The van der Waals surface area contributed by atoms with Gasteiger partial charge in [-0.15, -0.1) is 0 Å². The Morgan fingerprint density at radius 1 is 0.741 bits per heavy atom. The summed E-state index contributed by atoms with van der Waals surface area (Å²) in [5, 5.41) is 35.7. The highest BCUT2D eigenvalue weighted by Gasteiger charge is 2.17. The summed E-state index contributed by atoms with van der Waals surface area (Å²) < 4.78 is 0. The summed E-state index contributed by atoms with van der Waals surface area (Å²) in [5.41, 5.74) is 21.3. The van der Waals surface area contributed by atoms with E-state index in [0.29, 0.717) is 23.3 Å². The van der Waals surface area contributed by atoms with Crippen LogP contribution in [0.2, 0.25) is 0 Å². The molecule has 2 aromatic rings. The Balaban J connectivity index is 0. The number of hydrogen-bond acceptors (Lipinski definition) is 10. The van der Waals surface area contributed by atoms with Gasteiger partial charge in [-0.25, -0.2) is 9.97 Å². The summed E-state index contributed by atoms with van der Waals surface area (Å²) in [6, 6.07) is 10.6. The van der Waals surface area contributed by atoms with E-state index in [1.165, 1.54) is 0 Å². The Hall–Kier alpha value is -3.68. The van der Waals surface area contributed by atoms with Gasteiger partial charge in [-0.1, -0.05) is 0 Å². The molecular formula is C14H22N6O7. The number of rotatable bonds is 3. The average Bonchev–Trinajstić information content (AvgIpc) is 2.54. The standard InChI is InChI=1S/2C5H7N3.C4H6O6.H2O/c2*6-4-2-1-3-5(7)8-4;5-1(3(7)8)2(6)4(9)10;/h2*1-3H,(H4,6,7,8);1-2,5-6H,(H,7,8)(H,9,10);1H2/t;;1-,2-;/m..0./s1. The molecule has 2 rings (SSSR count). The number of nitrogens with two attached hydrogens (primary N) is 4. The Bertz CT molecular complexity index is 635. The Kier molecular flexibility index (Phi) is 12.0. The predicted molar refractivity (Wildman–Crippen MR) is 89.3 cm³/mol. The van der Waals surface area contributed by atoms with Crippen molar-refractivity contribution in [1.29, 1.82) is 0 Å². The van der Waals surface area contributed by atoms with Crippen LogP contribution in [0.25, 0.3) is 0 Å². The number of carboxylic acids is 2. The van der Waals surface area contributed by atoms with Gasteiger partial charge in [0.1, 0.15) is 12.2 Å². The fourth-order valence-corrected chi connectivity index (χ4v) is 1.27. The highest BCUT2D eigenvalue weighted by Crippen LogP contribution is 1.93. The molecule has 150 valence electrons. The number of aliphatic carboxylic acids is 2. The number of aromatic amines is 2. The number of aliphatic hydroxyl groups excluding tert-OH is 2. The predicted octanol–water partition coefficient (Wildman–Crippen LogP) is -6.29. The zero-order chi connectivity index (χ0) is 20.3. The van der Waals surface area contributed by atoms with Crippen molar-refractivity contribution >= 4 is 35.2 Å². The minimum Gasteiger partial charge on any atom is -0.547 e. The normalized spacial score (nSPS) is 11.2. The van der Waals surface area contributed by atoms with Crippen molar-refractivity contribution in [1.82, 2.24) is 0 Å². The van der Waals surface area contributed by atoms with E-state index in [1.807, 2.05) is 0 Å². The minimum atomic E-state index is -2.44. The molecule has 0 fully saturated rings. The van der Waals surface area contributed by atoms with E-state index in [9.17, 15) is 19.8 Å². The fraction of sp³-hybridized carbons (Fsp3) is 0.143. The number of hydrogen-bond donors (Lipinski definition) is 6. The molecule has 0 bridgehead atoms. The van der Waals surface area contributed by atoms with Gasteiger partial charge in [0.05, 0.1) is 11.9 Å². The van der Waals surface area contributed by atoms with Crippen molar-refractivity contribution in [2.45, 2.75) is 12.2 Å². The van der Waals surface area contributed by atoms with Gasteiger partial charge in [-0.3, -0.25) is 0 Å². The third-order valence-electron chi connectivity index (χ3n) is 2.46. The highest BCUT2D eigenvalue weighted by atomic mass is 16.4. The first kappa shape index (κ1) is 25.6. The number of carboxylic acid groups (broad SMARTS) is 2.